The van der Waals surface area contributed by atoms with Gasteiger partial charge in [0, 0.05) is 21.3 Å². The molecule has 0 radical (unpaired) electrons. The smallest absolute Gasteiger partial charge is 0.343 e. The van der Waals surface area contributed by atoms with Crippen molar-refractivity contribution in [3.8, 4) is 11.5 Å². The maximum absolute atomic E-state index is 12.4. The number of hydrogen-bond acceptors (Lipinski definition) is 6. The number of hydrazone groups is 1. The molecule has 0 unspecified atom stereocenters. The Bertz CT molecular complexity index is 1120. The summed E-state index contributed by atoms with van der Waals surface area (Å²) in [5, 5.41) is 3.96. The SMILES string of the molecule is CCOc1cc(/C=N\NC(=O)c2cncc(Br)c2)ccc1OC(=O)c1ccc(Br)cc1. The first-order chi connectivity index (χ1) is 15.0. The van der Waals surface area contributed by atoms with Gasteiger partial charge in [0.15, 0.2) is 11.5 Å². The fourth-order valence-corrected chi connectivity index (χ4v) is 3.10. The van der Waals surface area contributed by atoms with Crippen LogP contribution in [0.5, 0.6) is 11.5 Å². The van der Waals surface area contributed by atoms with E-state index >= 15 is 0 Å². The van der Waals surface area contributed by atoms with Crippen molar-refractivity contribution < 1.29 is 19.1 Å². The van der Waals surface area contributed by atoms with E-state index in [-0.39, 0.29) is 5.75 Å². The summed E-state index contributed by atoms with van der Waals surface area (Å²) in [7, 11) is 0. The molecular weight excluding hydrogens is 530 g/mol. The van der Waals surface area contributed by atoms with Gasteiger partial charge in [-0.1, -0.05) is 15.9 Å². The number of pyridine rings is 1. The Balaban J connectivity index is 1.70. The molecule has 9 heteroatoms. The van der Waals surface area contributed by atoms with E-state index in [1.807, 2.05) is 6.92 Å². The van der Waals surface area contributed by atoms with Gasteiger partial charge in [0.1, 0.15) is 0 Å². The van der Waals surface area contributed by atoms with E-state index in [1.54, 1.807) is 54.7 Å². The molecule has 2 aromatic carbocycles. The van der Waals surface area contributed by atoms with Crippen LogP contribution < -0.4 is 14.9 Å². The number of aromatic nitrogens is 1. The van der Waals surface area contributed by atoms with Crippen LogP contribution >= 0.6 is 31.9 Å². The molecule has 0 saturated carbocycles. The summed E-state index contributed by atoms with van der Waals surface area (Å²) in [6.07, 6.45) is 4.49. The molecule has 0 saturated heterocycles. The van der Waals surface area contributed by atoms with Crippen LogP contribution in [-0.2, 0) is 0 Å². The molecule has 0 spiro atoms. The molecule has 0 fully saturated rings. The van der Waals surface area contributed by atoms with Crippen LogP contribution in [0.3, 0.4) is 0 Å². The fourth-order valence-electron chi connectivity index (χ4n) is 2.47. The molecule has 158 valence electrons. The van der Waals surface area contributed by atoms with E-state index in [9.17, 15) is 9.59 Å². The number of amides is 1. The van der Waals surface area contributed by atoms with Crippen molar-refractivity contribution in [2.24, 2.45) is 5.10 Å². The number of rotatable bonds is 7. The van der Waals surface area contributed by atoms with Gasteiger partial charge in [-0.25, -0.2) is 10.2 Å². The monoisotopic (exact) mass is 545 g/mol. The molecule has 0 aliphatic carbocycles. The molecule has 0 atom stereocenters. The van der Waals surface area contributed by atoms with Crippen molar-refractivity contribution in [3.63, 3.8) is 0 Å². The third-order valence-electron chi connectivity index (χ3n) is 3.90. The zero-order valence-corrected chi connectivity index (χ0v) is 19.5. The summed E-state index contributed by atoms with van der Waals surface area (Å²) in [6.45, 7) is 2.21. The summed E-state index contributed by atoms with van der Waals surface area (Å²) in [4.78, 5) is 28.5. The summed E-state index contributed by atoms with van der Waals surface area (Å²) < 4.78 is 12.6. The minimum absolute atomic E-state index is 0.288. The normalized spacial score (nSPS) is 10.7. The Morgan fingerprint density at radius 1 is 1.00 bits per heavy atom. The number of hydrogen-bond donors (Lipinski definition) is 1. The van der Waals surface area contributed by atoms with Crippen molar-refractivity contribution in [1.82, 2.24) is 10.4 Å². The third kappa shape index (κ3) is 6.47. The van der Waals surface area contributed by atoms with Gasteiger partial charge in [-0.15, -0.1) is 0 Å². The van der Waals surface area contributed by atoms with E-state index < -0.39 is 11.9 Å². The highest BCUT2D eigenvalue weighted by atomic mass is 79.9. The highest BCUT2D eigenvalue weighted by Crippen LogP contribution is 2.29. The quantitative estimate of drug-likeness (QED) is 0.195. The average molecular weight is 547 g/mol. The van der Waals surface area contributed by atoms with E-state index in [0.29, 0.717) is 33.5 Å². The van der Waals surface area contributed by atoms with E-state index in [0.717, 1.165) is 4.47 Å². The first-order valence-electron chi connectivity index (χ1n) is 9.15. The second-order valence-electron chi connectivity index (χ2n) is 6.13. The second kappa shape index (κ2) is 10.8. The van der Waals surface area contributed by atoms with Crippen molar-refractivity contribution in [3.05, 3.63) is 86.6 Å². The topological polar surface area (TPSA) is 89.9 Å². The predicted molar refractivity (Wildman–Crippen MR) is 124 cm³/mol. The molecule has 1 heterocycles. The predicted octanol–water partition coefficient (Wildman–Crippen LogP) is 4.99. The van der Waals surface area contributed by atoms with Crippen LogP contribution in [0.15, 0.2) is 75.0 Å². The molecule has 3 aromatic rings. The second-order valence-corrected chi connectivity index (χ2v) is 7.96. The first kappa shape index (κ1) is 22.6. The minimum Gasteiger partial charge on any atom is -0.490 e. The summed E-state index contributed by atoms with van der Waals surface area (Å²) in [5.74, 6) is -0.213. The van der Waals surface area contributed by atoms with Crippen LogP contribution in [0, 0.1) is 0 Å². The molecule has 0 aliphatic heterocycles. The molecule has 1 amide bonds. The van der Waals surface area contributed by atoms with Gasteiger partial charge < -0.3 is 9.47 Å². The van der Waals surface area contributed by atoms with Crippen molar-refractivity contribution in [2.75, 3.05) is 6.61 Å². The first-order valence-corrected chi connectivity index (χ1v) is 10.7. The number of benzene rings is 2. The lowest BCUT2D eigenvalue weighted by Crippen LogP contribution is -2.17. The Morgan fingerprint density at radius 3 is 2.48 bits per heavy atom. The zero-order valence-electron chi connectivity index (χ0n) is 16.3. The zero-order chi connectivity index (χ0) is 22.2. The number of nitrogens with one attached hydrogen (secondary N) is 1. The number of carbonyl (C=O) groups excluding carboxylic acids is 2. The molecule has 0 bridgehead atoms. The van der Waals surface area contributed by atoms with E-state index in [4.69, 9.17) is 9.47 Å². The number of nitrogens with zero attached hydrogens (tertiary/aromatic N) is 2. The number of ether oxygens (including phenoxy) is 2. The highest BCUT2D eigenvalue weighted by Gasteiger charge is 2.13. The summed E-state index contributed by atoms with van der Waals surface area (Å²) >= 11 is 6.60. The minimum atomic E-state index is -0.496. The Hall–Kier alpha value is -3.04. The Kier molecular flexibility index (Phi) is 7.91. The van der Waals surface area contributed by atoms with Crippen molar-refractivity contribution in [1.29, 1.82) is 0 Å². The Labute approximate surface area is 195 Å². The number of esters is 1. The van der Waals surface area contributed by atoms with E-state index in [1.165, 1.54) is 12.4 Å². The van der Waals surface area contributed by atoms with Gasteiger partial charge in [-0.2, -0.15) is 5.10 Å². The third-order valence-corrected chi connectivity index (χ3v) is 4.86. The van der Waals surface area contributed by atoms with Crippen molar-refractivity contribution >= 4 is 50.0 Å². The molecular formula is C22H17Br2N3O4. The van der Waals surface area contributed by atoms with Crippen LogP contribution in [0.25, 0.3) is 0 Å². The van der Waals surface area contributed by atoms with Crippen molar-refractivity contribution in [2.45, 2.75) is 6.92 Å². The molecule has 31 heavy (non-hydrogen) atoms. The molecule has 7 nitrogen and oxygen atoms in total. The molecule has 3 rings (SSSR count). The highest BCUT2D eigenvalue weighted by molar-refractivity contribution is 9.10. The lowest BCUT2D eigenvalue weighted by atomic mass is 10.2. The number of halogens is 2. The number of carbonyl (C=O) groups is 2. The van der Waals surface area contributed by atoms with Crippen LogP contribution in [0.2, 0.25) is 0 Å². The average Bonchev–Trinajstić information content (AvgIpc) is 2.76. The van der Waals surface area contributed by atoms with Gasteiger partial charge in [-0.05, 0) is 76.9 Å². The summed E-state index contributed by atoms with van der Waals surface area (Å²) in [6, 6.07) is 13.5. The molecule has 1 aromatic heterocycles. The lowest BCUT2D eigenvalue weighted by molar-refractivity contribution is 0.0728. The maximum atomic E-state index is 12.4. The molecule has 0 aliphatic rings. The van der Waals surface area contributed by atoms with Crippen LogP contribution in [0.4, 0.5) is 0 Å². The summed E-state index contributed by atoms with van der Waals surface area (Å²) in [5.41, 5.74) is 3.88. The van der Waals surface area contributed by atoms with Crippen LogP contribution in [0.1, 0.15) is 33.2 Å². The largest absolute Gasteiger partial charge is 0.490 e. The molecule has 1 N–H and O–H groups in total. The van der Waals surface area contributed by atoms with Gasteiger partial charge in [-0.3, -0.25) is 9.78 Å². The van der Waals surface area contributed by atoms with Gasteiger partial charge >= 0.3 is 5.97 Å². The standard InChI is InChI=1S/C22H17Br2N3O4/c1-2-30-20-9-14(11-26-27-21(28)16-10-18(24)13-25-12-16)3-8-19(20)31-22(29)15-4-6-17(23)7-5-15/h3-13H,2H2,1H3,(H,27,28)/b26-11-. The van der Waals surface area contributed by atoms with E-state index in [2.05, 4.69) is 47.4 Å². The van der Waals surface area contributed by atoms with Gasteiger partial charge in [0.25, 0.3) is 5.91 Å². The lowest BCUT2D eigenvalue weighted by Gasteiger charge is -2.11. The fraction of sp³-hybridized carbons (Fsp3) is 0.0909. The Morgan fingerprint density at radius 2 is 1.77 bits per heavy atom. The van der Waals surface area contributed by atoms with Gasteiger partial charge in [0.2, 0.25) is 0 Å². The van der Waals surface area contributed by atoms with Gasteiger partial charge in [0.05, 0.1) is 23.9 Å². The maximum Gasteiger partial charge on any atom is 0.343 e. The van der Waals surface area contributed by atoms with Crippen LogP contribution in [-0.4, -0.2) is 29.7 Å².